The minimum atomic E-state index is -0.712. The number of ether oxygens (including phenoxy) is 1. The largest absolute Gasteiger partial charge is 0.366 e. The van der Waals surface area contributed by atoms with Crippen LogP contribution in [0.25, 0.3) is 10.4 Å². The molecule has 8 nitrogen and oxygen atoms in total. The summed E-state index contributed by atoms with van der Waals surface area (Å²) in [4.78, 5) is 50.6. The van der Waals surface area contributed by atoms with Gasteiger partial charge in [0, 0.05) is 30.6 Å². The van der Waals surface area contributed by atoms with Gasteiger partial charge < -0.3 is 15.0 Å². The average molecular weight is 515 g/mol. The van der Waals surface area contributed by atoms with Crippen LogP contribution in [0.15, 0.2) is 24.5 Å². The maximum absolute atomic E-state index is 13.7. The molecule has 4 atom stereocenters. The van der Waals surface area contributed by atoms with Gasteiger partial charge in [0.2, 0.25) is 5.91 Å². The molecular weight excluding hydrogens is 488 g/mol. The number of alkyl halides is 1. The lowest BCUT2D eigenvalue weighted by atomic mass is 9.96. The zero-order chi connectivity index (χ0) is 24.1. The minimum absolute atomic E-state index is 0.0254. The van der Waals surface area contributed by atoms with Crippen molar-refractivity contribution in [2.45, 2.75) is 68.0 Å². The third-order valence-electron chi connectivity index (χ3n) is 7.59. The average Bonchev–Trinajstić information content (AvgIpc) is 3.25. The zero-order valence-electron chi connectivity index (χ0n) is 19.2. The highest BCUT2D eigenvalue weighted by molar-refractivity contribution is 7.17. The molecular formula is C25H27ClN4O4S. The van der Waals surface area contributed by atoms with E-state index in [1.54, 1.807) is 12.4 Å². The quantitative estimate of drug-likeness (QED) is 0.594. The van der Waals surface area contributed by atoms with Crippen molar-refractivity contribution in [3.8, 4) is 10.4 Å². The van der Waals surface area contributed by atoms with Crippen LogP contribution >= 0.6 is 22.9 Å². The van der Waals surface area contributed by atoms with E-state index in [-0.39, 0.29) is 36.7 Å². The molecule has 2 amide bonds. The summed E-state index contributed by atoms with van der Waals surface area (Å²) in [5.74, 6) is -0.177. The molecule has 2 aromatic heterocycles. The second-order valence-electron chi connectivity index (χ2n) is 9.96. The predicted octanol–water partition coefficient (Wildman–Crippen LogP) is 3.16. The fraction of sp³-hybridized carbons (Fsp3) is 0.560. The zero-order valence-corrected chi connectivity index (χ0v) is 20.8. The standard InChI is InChI=1S/C25H27ClN4O4S/c26-16-11-30(21-18(31)12-34-22(16)21)25(33)20(14-3-1-2-4-14)29-23(32)24-28-10-19(35-24)15-7-8-27-17(9-15)13-5-6-13/h7-10,13-14,16,20-22H,1-6,11-12H2,(H,29,32). The van der Waals surface area contributed by atoms with Gasteiger partial charge in [-0.25, -0.2) is 4.98 Å². The number of likely N-dealkylation sites (tertiary alicyclic amines) is 1. The van der Waals surface area contributed by atoms with Crippen molar-refractivity contribution >= 4 is 40.5 Å². The second kappa shape index (κ2) is 9.26. The van der Waals surface area contributed by atoms with Crippen molar-refractivity contribution in [2.24, 2.45) is 5.92 Å². The molecule has 4 unspecified atom stereocenters. The smallest absolute Gasteiger partial charge is 0.280 e. The molecule has 0 aromatic carbocycles. The number of carbonyl (C=O) groups is 3. The van der Waals surface area contributed by atoms with Gasteiger partial charge in [0.05, 0.1) is 10.3 Å². The third-order valence-corrected chi connectivity index (χ3v) is 9.02. The maximum atomic E-state index is 13.7. The molecule has 2 aliphatic carbocycles. The van der Waals surface area contributed by atoms with Gasteiger partial charge in [0.1, 0.15) is 24.8 Å². The monoisotopic (exact) mass is 514 g/mol. The molecule has 6 rings (SSSR count). The Morgan fingerprint density at radius 2 is 2.00 bits per heavy atom. The van der Waals surface area contributed by atoms with Crippen molar-refractivity contribution in [2.75, 3.05) is 13.2 Å². The molecule has 0 spiro atoms. The molecule has 2 saturated carbocycles. The van der Waals surface area contributed by atoms with Gasteiger partial charge in [-0.15, -0.1) is 22.9 Å². The molecule has 184 valence electrons. The lowest BCUT2D eigenvalue weighted by Gasteiger charge is -2.30. The van der Waals surface area contributed by atoms with Crippen molar-refractivity contribution in [1.29, 1.82) is 0 Å². The molecule has 0 bridgehead atoms. The minimum Gasteiger partial charge on any atom is -0.366 e. The fourth-order valence-corrected chi connectivity index (χ4v) is 6.77. The van der Waals surface area contributed by atoms with Crippen molar-refractivity contribution in [3.05, 3.63) is 35.2 Å². The summed E-state index contributed by atoms with van der Waals surface area (Å²) in [5, 5.41) is 2.86. The normalized spacial score (nSPS) is 27.3. The Hall–Kier alpha value is -2.36. The Kier molecular flexibility index (Phi) is 6.10. The highest BCUT2D eigenvalue weighted by Crippen LogP contribution is 2.40. The van der Waals surface area contributed by atoms with E-state index in [2.05, 4.69) is 21.4 Å². The fourth-order valence-electron chi connectivity index (χ4n) is 5.59. The van der Waals surface area contributed by atoms with Crippen LogP contribution in [0.1, 0.15) is 59.9 Å². The lowest BCUT2D eigenvalue weighted by molar-refractivity contribution is -0.139. The van der Waals surface area contributed by atoms with Crippen LogP contribution in [-0.4, -0.2) is 69.2 Å². The molecule has 2 aliphatic heterocycles. The summed E-state index contributed by atoms with van der Waals surface area (Å²) in [6.45, 7) is 0.218. The Labute approximate surface area is 212 Å². The molecule has 1 N–H and O–H groups in total. The number of rotatable bonds is 6. The molecule has 35 heavy (non-hydrogen) atoms. The molecule has 4 heterocycles. The number of carbonyl (C=O) groups excluding carboxylic acids is 3. The van der Waals surface area contributed by atoms with E-state index in [4.69, 9.17) is 16.3 Å². The number of hydrogen-bond donors (Lipinski definition) is 1. The van der Waals surface area contributed by atoms with Gasteiger partial charge in [-0.2, -0.15) is 0 Å². The van der Waals surface area contributed by atoms with Crippen LogP contribution in [0.4, 0.5) is 0 Å². The summed E-state index contributed by atoms with van der Waals surface area (Å²) < 4.78 is 5.53. The van der Waals surface area contributed by atoms with Gasteiger partial charge in [0.25, 0.3) is 5.91 Å². The number of hydrogen-bond acceptors (Lipinski definition) is 7. The first-order chi connectivity index (χ1) is 17.0. The van der Waals surface area contributed by atoms with Crippen molar-refractivity contribution in [1.82, 2.24) is 20.2 Å². The van der Waals surface area contributed by atoms with E-state index in [0.29, 0.717) is 10.9 Å². The Morgan fingerprint density at radius 1 is 1.20 bits per heavy atom. The molecule has 2 saturated heterocycles. The number of halogens is 1. The van der Waals surface area contributed by atoms with E-state index in [1.165, 1.54) is 29.1 Å². The summed E-state index contributed by atoms with van der Waals surface area (Å²) in [6, 6.07) is 2.63. The first-order valence-corrected chi connectivity index (χ1v) is 13.6. The second-order valence-corrected chi connectivity index (χ2v) is 11.6. The van der Waals surface area contributed by atoms with Crippen LogP contribution in [-0.2, 0) is 14.3 Å². The number of ketones is 1. The predicted molar refractivity (Wildman–Crippen MR) is 130 cm³/mol. The molecule has 0 radical (unpaired) electrons. The number of nitrogens with zero attached hydrogens (tertiary/aromatic N) is 3. The number of Topliss-reactive ketones (excluding diaryl/α,β-unsaturated/α-hetero) is 1. The number of pyridine rings is 1. The maximum Gasteiger partial charge on any atom is 0.280 e. The number of nitrogens with one attached hydrogen (secondary N) is 1. The number of fused-ring (bicyclic) bond motifs is 1. The molecule has 4 aliphatic rings. The molecule has 4 fully saturated rings. The summed E-state index contributed by atoms with van der Waals surface area (Å²) >= 11 is 7.72. The first kappa shape index (κ1) is 23.1. The number of amides is 2. The van der Waals surface area contributed by atoms with Crippen LogP contribution in [0.2, 0.25) is 0 Å². The Bertz CT molecular complexity index is 1160. The topological polar surface area (TPSA) is 101 Å². The summed E-state index contributed by atoms with van der Waals surface area (Å²) in [6.07, 6.45) is 9.13. The molecule has 10 heteroatoms. The van der Waals surface area contributed by atoms with Gasteiger partial charge in [-0.3, -0.25) is 19.4 Å². The highest BCUT2D eigenvalue weighted by atomic mass is 35.5. The van der Waals surface area contributed by atoms with Crippen molar-refractivity contribution in [3.63, 3.8) is 0 Å². The van der Waals surface area contributed by atoms with Crippen LogP contribution in [0.3, 0.4) is 0 Å². The van der Waals surface area contributed by atoms with Crippen LogP contribution in [0.5, 0.6) is 0 Å². The molecule has 2 aromatic rings. The van der Waals surface area contributed by atoms with Gasteiger partial charge in [0.15, 0.2) is 10.8 Å². The Morgan fingerprint density at radius 3 is 2.77 bits per heavy atom. The summed E-state index contributed by atoms with van der Waals surface area (Å²) in [5.41, 5.74) is 2.08. The van der Waals surface area contributed by atoms with Gasteiger partial charge in [-0.1, -0.05) is 12.8 Å². The highest BCUT2D eigenvalue weighted by Gasteiger charge is 2.53. The van der Waals surface area contributed by atoms with E-state index in [9.17, 15) is 14.4 Å². The number of aromatic nitrogens is 2. The lowest BCUT2D eigenvalue weighted by Crippen LogP contribution is -2.54. The van der Waals surface area contributed by atoms with E-state index in [0.717, 1.165) is 41.8 Å². The van der Waals surface area contributed by atoms with Crippen LogP contribution < -0.4 is 5.32 Å². The van der Waals surface area contributed by atoms with E-state index < -0.39 is 23.6 Å². The first-order valence-electron chi connectivity index (χ1n) is 12.3. The SMILES string of the molecule is O=C(NC(C(=O)N1CC(Cl)C2OCC(=O)C21)C1CCCC1)c1ncc(-c2ccnc(C3CC3)c2)s1. The number of thiazole rings is 1. The van der Waals surface area contributed by atoms with Crippen molar-refractivity contribution < 1.29 is 19.1 Å². The third kappa shape index (κ3) is 4.38. The van der Waals surface area contributed by atoms with Gasteiger partial charge >= 0.3 is 0 Å². The van der Waals surface area contributed by atoms with Crippen LogP contribution in [0, 0.1) is 5.92 Å². The van der Waals surface area contributed by atoms with E-state index >= 15 is 0 Å². The van der Waals surface area contributed by atoms with E-state index in [1.807, 2.05) is 6.07 Å². The Balaban J connectivity index is 1.21. The van der Waals surface area contributed by atoms with Gasteiger partial charge in [-0.05, 0) is 49.3 Å². The summed E-state index contributed by atoms with van der Waals surface area (Å²) in [7, 11) is 0.